The first-order valence-corrected chi connectivity index (χ1v) is 13.8. The average Bonchev–Trinajstić information content (AvgIpc) is 3.57. The van der Waals surface area contributed by atoms with Gasteiger partial charge < -0.3 is 14.7 Å². The van der Waals surface area contributed by atoms with Gasteiger partial charge in [-0.05, 0) is 64.8 Å². The fourth-order valence-electron chi connectivity index (χ4n) is 4.99. The quantitative estimate of drug-likeness (QED) is 0.260. The zero-order valence-corrected chi connectivity index (χ0v) is 24.2. The minimum absolute atomic E-state index is 0.0620. The zero-order valence-electron chi connectivity index (χ0n) is 24.2. The Balaban J connectivity index is 1.54. The van der Waals surface area contributed by atoms with Gasteiger partial charge in [0, 0.05) is 30.3 Å². The van der Waals surface area contributed by atoms with Gasteiger partial charge in [-0.25, -0.2) is 13.6 Å². The Labute approximate surface area is 243 Å². The fourth-order valence-corrected chi connectivity index (χ4v) is 4.99. The van der Waals surface area contributed by atoms with Gasteiger partial charge in [0.25, 0.3) is 0 Å². The van der Waals surface area contributed by atoms with Crippen LogP contribution in [-0.2, 0) is 4.79 Å². The van der Waals surface area contributed by atoms with Gasteiger partial charge in [-0.1, -0.05) is 23.6 Å². The van der Waals surface area contributed by atoms with Crippen molar-refractivity contribution >= 4 is 11.4 Å². The summed E-state index contributed by atoms with van der Waals surface area (Å²) in [6.07, 6.45) is 6.62. The summed E-state index contributed by atoms with van der Waals surface area (Å²) in [5.41, 5.74) is 3.68. The van der Waals surface area contributed by atoms with Crippen LogP contribution in [-0.4, -0.2) is 65.2 Å². The van der Waals surface area contributed by atoms with Crippen LogP contribution >= 0.6 is 0 Å². The molecule has 5 rings (SSSR count). The molecule has 0 radical (unpaired) electrons. The normalized spacial score (nSPS) is 14.9. The Morgan fingerprint density at radius 3 is 2.69 bits per heavy atom. The molecule has 1 aliphatic heterocycles. The van der Waals surface area contributed by atoms with E-state index in [2.05, 4.69) is 38.8 Å². The molecule has 11 heteroatoms. The molecule has 1 amide bonds. The molecule has 0 saturated carbocycles. The lowest BCUT2D eigenvalue weighted by Gasteiger charge is -2.31. The number of amides is 1. The van der Waals surface area contributed by atoms with Gasteiger partial charge >= 0.3 is 0 Å². The van der Waals surface area contributed by atoms with E-state index < -0.39 is 11.9 Å². The molecular weight excluding hydrogens is 537 g/mol. The highest BCUT2D eigenvalue weighted by Crippen LogP contribution is 2.34. The van der Waals surface area contributed by atoms with E-state index in [1.807, 2.05) is 44.6 Å². The summed E-state index contributed by atoms with van der Waals surface area (Å²) in [6, 6.07) is 4.70. The molecule has 42 heavy (non-hydrogen) atoms. The minimum atomic E-state index is -0.858. The van der Waals surface area contributed by atoms with Crippen LogP contribution in [0.3, 0.4) is 0 Å². The van der Waals surface area contributed by atoms with Gasteiger partial charge in [-0.3, -0.25) is 9.78 Å². The summed E-state index contributed by atoms with van der Waals surface area (Å²) >= 11 is 0. The maximum absolute atomic E-state index is 13.5. The second-order valence-electron chi connectivity index (χ2n) is 11.4. The Morgan fingerprint density at radius 2 is 2.05 bits per heavy atom. The highest BCUT2D eigenvalue weighted by Gasteiger charge is 2.27. The van der Waals surface area contributed by atoms with Crippen molar-refractivity contribution < 1.29 is 19.0 Å². The number of nitrogens with zero attached hydrogens (tertiary/aromatic N) is 7. The third kappa shape index (κ3) is 6.04. The number of aliphatic hydroxyl groups is 1. The minimum Gasteiger partial charge on any atom is -0.479 e. The van der Waals surface area contributed by atoms with Crippen LogP contribution < -0.4 is 4.74 Å². The molecule has 0 unspecified atom stereocenters. The Bertz CT molecular complexity index is 1670. The predicted octanol–water partition coefficient (Wildman–Crippen LogP) is 4.29. The molecule has 218 valence electrons. The number of hydrogen-bond acceptors (Lipinski definition) is 7. The summed E-state index contributed by atoms with van der Waals surface area (Å²) in [5, 5.41) is 23.7. The summed E-state index contributed by atoms with van der Waals surface area (Å²) in [7, 11) is 0. The third-order valence-electron chi connectivity index (χ3n) is 7.16. The molecule has 0 aromatic carbocycles. The molecule has 1 atom stereocenters. The van der Waals surface area contributed by atoms with Crippen LogP contribution in [0.5, 0.6) is 5.75 Å². The van der Waals surface area contributed by atoms with E-state index in [4.69, 9.17) is 4.74 Å². The molecule has 0 bridgehead atoms. The molecule has 4 aromatic rings. The topological polar surface area (TPSA) is 111 Å². The van der Waals surface area contributed by atoms with Crippen molar-refractivity contribution in [1.82, 2.24) is 34.5 Å². The number of hydrogen-bond donors (Lipinski definition) is 1. The summed E-state index contributed by atoms with van der Waals surface area (Å²) in [6.45, 7) is 12.5. The van der Waals surface area contributed by atoms with Gasteiger partial charge in [0.15, 0.2) is 6.10 Å². The van der Waals surface area contributed by atoms with Crippen molar-refractivity contribution in [2.75, 3.05) is 19.7 Å². The molecule has 1 fully saturated rings. The van der Waals surface area contributed by atoms with Crippen LogP contribution in [0.15, 0.2) is 49.4 Å². The van der Waals surface area contributed by atoms with Gasteiger partial charge in [0.1, 0.15) is 22.8 Å². The van der Waals surface area contributed by atoms with Crippen molar-refractivity contribution in [3.63, 3.8) is 0 Å². The van der Waals surface area contributed by atoms with Crippen molar-refractivity contribution in [3.05, 3.63) is 72.2 Å². The van der Waals surface area contributed by atoms with Gasteiger partial charge in [0.05, 0.1) is 42.0 Å². The third-order valence-corrected chi connectivity index (χ3v) is 7.16. The largest absolute Gasteiger partial charge is 0.479 e. The van der Waals surface area contributed by atoms with E-state index in [-0.39, 0.29) is 24.0 Å². The molecule has 1 aliphatic rings. The first-order valence-electron chi connectivity index (χ1n) is 13.8. The van der Waals surface area contributed by atoms with Crippen LogP contribution in [0.2, 0.25) is 0 Å². The molecular formula is C31H34FN7O3. The van der Waals surface area contributed by atoms with Crippen LogP contribution in [0.25, 0.3) is 16.8 Å². The van der Waals surface area contributed by atoms with E-state index in [0.29, 0.717) is 46.9 Å². The maximum atomic E-state index is 13.5. The monoisotopic (exact) mass is 571 g/mol. The van der Waals surface area contributed by atoms with Crippen molar-refractivity contribution in [3.8, 4) is 28.8 Å². The van der Waals surface area contributed by atoms with Crippen molar-refractivity contribution in [2.45, 2.75) is 52.7 Å². The lowest BCUT2D eigenvalue weighted by atomic mass is 9.97. The molecule has 5 heterocycles. The number of fused-ring (bicyclic) bond motifs is 1. The summed E-state index contributed by atoms with van der Waals surface area (Å²) in [4.78, 5) is 17.9. The molecule has 0 spiro atoms. The highest BCUT2D eigenvalue weighted by molar-refractivity contribution is 5.87. The molecule has 1 N–H and O–H groups in total. The smallest absolute Gasteiger partial charge is 0.245 e. The summed E-state index contributed by atoms with van der Waals surface area (Å²) < 4.78 is 23.5. The second kappa shape index (κ2) is 11.7. The summed E-state index contributed by atoms with van der Waals surface area (Å²) in [5.74, 6) is 6.33. The van der Waals surface area contributed by atoms with Crippen LogP contribution in [0.4, 0.5) is 4.39 Å². The standard InChI is InChI=1S/C31H34FN7O3/c1-6-28(41)37-13-10-24(11-14-37)39-20(2)29(35-36-39)22-15-26(42-27(19-40)25-8-7-23(32)17-33-25)30-21(9-12-31(3,4)5)16-34-38(30)18-22/h6-8,15-18,24,27,40H,1,10-11,13-14,19H2,2-5H3/t27-/m0/s1. The first kappa shape index (κ1) is 29.0. The van der Waals surface area contributed by atoms with Gasteiger partial charge in [0.2, 0.25) is 5.91 Å². The van der Waals surface area contributed by atoms with Crippen LogP contribution in [0, 0.1) is 30.0 Å². The Kier molecular flexibility index (Phi) is 8.09. The number of aliphatic hydroxyl groups excluding tert-OH is 1. The number of carbonyl (C=O) groups excluding carboxylic acids is 1. The van der Waals surface area contributed by atoms with Crippen molar-refractivity contribution in [2.24, 2.45) is 5.41 Å². The molecule has 1 saturated heterocycles. The Morgan fingerprint density at radius 1 is 1.29 bits per heavy atom. The zero-order chi connectivity index (χ0) is 30.0. The average molecular weight is 572 g/mol. The highest BCUT2D eigenvalue weighted by atomic mass is 19.1. The SMILES string of the molecule is C=CC(=O)N1CCC(n2nnc(-c3cc(O[C@@H](CO)c4ccc(F)cn4)c4c(C#CC(C)(C)C)cnn4c3)c2C)CC1. The number of carbonyl (C=O) groups is 1. The van der Waals surface area contributed by atoms with Crippen LogP contribution in [0.1, 0.15) is 62.7 Å². The molecule has 0 aliphatic carbocycles. The Hall–Kier alpha value is -4.56. The van der Waals surface area contributed by atoms with E-state index in [9.17, 15) is 14.3 Å². The molecule has 4 aromatic heterocycles. The number of pyridine rings is 2. The van der Waals surface area contributed by atoms with Gasteiger partial charge in [-0.2, -0.15) is 5.10 Å². The second-order valence-corrected chi connectivity index (χ2v) is 11.4. The fraction of sp³-hybridized carbons (Fsp3) is 0.387. The van der Waals surface area contributed by atoms with E-state index >= 15 is 0 Å². The maximum Gasteiger partial charge on any atom is 0.245 e. The van der Waals surface area contributed by atoms with Gasteiger partial charge in [-0.15, -0.1) is 5.10 Å². The number of halogens is 1. The number of rotatable bonds is 7. The number of piperidine rings is 1. The predicted molar refractivity (Wildman–Crippen MR) is 155 cm³/mol. The van der Waals surface area contributed by atoms with E-state index in [1.54, 1.807) is 15.6 Å². The van der Waals surface area contributed by atoms with Crippen molar-refractivity contribution in [1.29, 1.82) is 0 Å². The number of aromatic nitrogens is 6. The first-order chi connectivity index (χ1) is 20.1. The number of likely N-dealkylation sites (tertiary alicyclic amines) is 1. The molecule has 10 nitrogen and oxygen atoms in total. The lowest BCUT2D eigenvalue weighted by molar-refractivity contribution is -0.127. The van der Waals surface area contributed by atoms with E-state index in [0.717, 1.165) is 24.7 Å². The van der Waals surface area contributed by atoms with E-state index in [1.165, 1.54) is 18.2 Å². The lowest BCUT2D eigenvalue weighted by Crippen LogP contribution is -2.38. The number of ether oxygens (including phenoxy) is 1.